The summed E-state index contributed by atoms with van der Waals surface area (Å²) in [5.41, 5.74) is 1.56. The second-order valence-corrected chi connectivity index (χ2v) is 5.82. The Labute approximate surface area is 141 Å². The second-order valence-electron chi connectivity index (χ2n) is 5.82. The number of rotatable bonds is 3. The van der Waals surface area contributed by atoms with Crippen molar-refractivity contribution < 1.29 is 0 Å². The van der Waals surface area contributed by atoms with Crippen LogP contribution in [0.25, 0.3) is 22.2 Å². The van der Waals surface area contributed by atoms with Gasteiger partial charge < -0.3 is 0 Å². The molecular formula is C16H15N7O2. The van der Waals surface area contributed by atoms with Crippen LogP contribution < -0.4 is 11.2 Å². The third-order valence-electron chi connectivity index (χ3n) is 4.08. The van der Waals surface area contributed by atoms with Crippen LogP contribution in [0.2, 0.25) is 0 Å². The van der Waals surface area contributed by atoms with E-state index < -0.39 is 11.2 Å². The normalized spacial score (nSPS) is 11.4. The van der Waals surface area contributed by atoms with E-state index in [1.807, 2.05) is 12.1 Å². The topological polar surface area (TPSA) is 100 Å². The molecular weight excluding hydrogens is 322 g/mol. The fourth-order valence-corrected chi connectivity index (χ4v) is 2.79. The average molecular weight is 337 g/mol. The first-order valence-corrected chi connectivity index (χ1v) is 7.76. The van der Waals surface area contributed by atoms with Gasteiger partial charge in [0.15, 0.2) is 11.2 Å². The summed E-state index contributed by atoms with van der Waals surface area (Å²) in [7, 11) is 3.35. The maximum Gasteiger partial charge on any atom is 0.332 e. The molecule has 0 radical (unpaired) electrons. The summed E-state index contributed by atoms with van der Waals surface area (Å²) >= 11 is 0. The van der Waals surface area contributed by atoms with Crippen LogP contribution in [-0.2, 0) is 27.1 Å². The van der Waals surface area contributed by atoms with Crippen LogP contribution in [0.4, 0.5) is 0 Å². The van der Waals surface area contributed by atoms with Gasteiger partial charge in [-0.3, -0.25) is 18.6 Å². The van der Waals surface area contributed by atoms with Crippen LogP contribution in [0.3, 0.4) is 0 Å². The highest BCUT2D eigenvalue weighted by Gasteiger charge is 2.15. The summed E-state index contributed by atoms with van der Waals surface area (Å²) in [5, 5.41) is 7.83. The molecule has 0 saturated carbocycles. The SMILES string of the molecule is Cn1cc(CCn2c(=O)c3nc4ccccc4nc3n(C)c2=O)nn1. The van der Waals surface area contributed by atoms with Crippen LogP contribution in [0.1, 0.15) is 5.69 Å². The number of benzene rings is 1. The third kappa shape index (κ3) is 2.49. The summed E-state index contributed by atoms with van der Waals surface area (Å²) in [6, 6.07) is 7.25. The highest BCUT2D eigenvalue weighted by atomic mass is 16.2. The zero-order chi connectivity index (χ0) is 17.6. The number of fused-ring (bicyclic) bond motifs is 2. The molecule has 0 spiro atoms. The first-order chi connectivity index (χ1) is 12.0. The van der Waals surface area contributed by atoms with Crippen LogP contribution in [0, 0.1) is 0 Å². The van der Waals surface area contributed by atoms with E-state index >= 15 is 0 Å². The first kappa shape index (κ1) is 15.2. The minimum atomic E-state index is -0.444. The summed E-state index contributed by atoms with van der Waals surface area (Å²) < 4.78 is 4.10. The average Bonchev–Trinajstić information content (AvgIpc) is 3.04. The Balaban J connectivity index is 1.88. The zero-order valence-corrected chi connectivity index (χ0v) is 13.7. The molecule has 0 aliphatic rings. The van der Waals surface area contributed by atoms with Gasteiger partial charge in [-0.1, -0.05) is 17.3 Å². The molecule has 0 fully saturated rings. The first-order valence-electron chi connectivity index (χ1n) is 7.76. The van der Waals surface area contributed by atoms with Crippen molar-refractivity contribution >= 4 is 22.2 Å². The lowest BCUT2D eigenvalue weighted by Crippen LogP contribution is -2.40. The minimum absolute atomic E-state index is 0.181. The molecule has 25 heavy (non-hydrogen) atoms. The molecule has 3 aromatic heterocycles. The fourth-order valence-electron chi connectivity index (χ4n) is 2.79. The molecule has 9 nitrogen and oxygen atoms in total. The maximum absolute atomic E-state index is 12.8. The molecule has 9 heteroatoms. The van der Waals surface area contributed by atoms with Gasteiger partial charge in [0, 0.05) is 33.3 Å². The van der Waals surface area contributed by atoms with Gasteiger partial charge >= 0.3 is 5.69 Å². The number of hydrogen-bond acceptors (Lipinski definition) is 6. The zero-order valence-electron chi connectivity index (χ0n) is 13.7. The maximum atomic E-state index is 12.8. The molecule has 0 bridgehead atoms. The molecule has 4 rings (SSSR count). The number of para-hydroxylation sites is 2. The number of nitrogens with zero attached hydrogens (tertiary/aromatic N) is 7. The highest BCUT2D eigenvalue weighted by molar-refractivity contribution is 5.83. The van der Waals surface area contributed by atoms with Gasteiger partial charge in [-0.2, -0.15) is 0 Å². The molecule has 0 N–H and O–H groups in total. The third-order valence-corrected chi connectivity index (χ3v) is 4.08. The monoisotopic (exact) mass is 337 g/mol. The van der Waals surface area contributed by atoms with E-state index in [1.54, 1.807) is 37.1 Å². The van der Waals surface area contributed by atoms with E-state index in [9.17, 15) is 9.59 Å². The molecule has 0 unspecified atom stereocenters. The standard InChI is InChI=1S/C16H15N7O2/c1-21-9-10(19-20-21)7-8-23-15(24)13-14(22(2)16(23)25)18-12-6-4-3-5-11(12)17-13/h3-6,9H,7-8H2,1-2H3. The van der Waals surface area contributed by atoms with Crippen molar-refractivity contribution in [1.29, 1.82) is 0 Å². The van der Waals surface area contributed by atoms with E-state index in [1.165, 1.54) is 9.13 Å². The molecule has 0 atom stereocenters. The van der Waals surface area contributed by atoms with Gasteiger partial charge in [0.2, 0.25) is 0 Å². The predicted molar refractivity (Wildman–Crippen MR) is 91.3 cm³/mol. The number of hydrogen-bond donors (Lipinski definition) is 0. The van der Waals surface area contributed by atoms with Crippen LogP contribution in [0.5, 0.6) is 0 Å². The Hall–Kier alpha value is -3.36. The summed E-state index contributed by atoms with van der Waals surface area (Å²) in [6.07, 6.45) is 2.18. The van der Waals surface area contributed by atoms with Crippen LogP contribution in [0.15, 0.2) is 40.1 Å². The molecule has 0 aliphatic carbocycles. The summed E-state index contributed by atoms with van der Waals surface area (Å²) in [6.45, 7) is 0.203. The van der Waals surface area contributed by atoms with Crippen molar-refractivity contribution in [1.82, 2.24) is 34.1 Å². The molecule has 0 amide bonds. The van der Waals surface area contributed by atoms with E-state index in [-0.39, 0.29) is 17.7 Å². The Kier molecular flexibility index (Phi) is 3.41. The molecule has 3 heterocycles. The molecule has 4 aromatic rings. The quantitative estimate of drug-likeness (QED) is 0.488. The Morgan fingerprint density at radius 1 is 1.04 bits per heavy atom. The van der Waals surface area contributed by atoms with Crippen molar-refractivity contribution in [2.45, 2.75) is 13.0 Å². The van der Waals surface area contributed by atoms with Crippen molar-refractivity contribution in [3.63, 3.8) is 0 Å². The number of aromatic nitrogens is 7. The molecule has 0 saturated heterocycles. The van der Waals surface area contributed by atoms with E-state index in [4.69, 9.17) is 0 Å². The van der Waals surface area contributed by atoms with Crippen molar-refractivity contribution in [2.75, 3.05) is 0 Å². The van der Waals surface area contributed by atoms with E-state index in [0.717, 1.165) is 0 Å². The van der Waals surface area contributed by atoms with Gasteiger partial charge in [-0.15, -0.1) is 5.10 Å². The van der Waals surface area contributed by atoms with Gasteiger partial charge in [0.25, 0.3) is 5.56 Å². The number of aryl methyl sites for hydroxylation is 3. The lowest BCUT2D eigenvalue weighted by molar-refractivity contribution is 0.595. The lowest BCUT2D eigenvalue weighted by Gasteiger charge is -2.09. The van der Waals surface area contributed by atoms with Crippen molar-refractivity contribution in [3.8, 4) is 0 Å². The molecule has 0 aliphatic heterocycles. The lowest BCUT2D eigenvalue weighted by atomic mass is 10.3. The molecule has 1 aromatic carbocycles. The highest BCUT2D eigenvalue weighted by Crippen LogP contribution is 2.11. The molecule has 126 valence electrons. The predicted octanol–water partition coefficient (Wildman–Crippen LogP) is 0.0146. The van der Waals surface area contributed by atoms with E-state index in [0.29, 0.717) is 23.1 Å². The van der Waals surface area contributed by atoms with Crippen molar-refractivity contribution in [3.05, 3.63) is 57.0 Å². The largest absolute Gasteiger partial charge is 0.332 e. The second kappa shape index (κ2) is 5.62. The Morgan fingerprint density at radius 3 is 2.44 bits per heavy atom. The van der Waals surface area contributed by atoms with E-state index in [2.05, 4.69) is 20.3 Å². The summed E-state index contributed by atoms with van der Waals surface area (Å²) in [4.78, 5) is 34.2. The van der Waals surface area contributed by atoms with Crippen LogP contribution >= 0.6 is 0 Å². The Bertz CT molecular complexity index is 1220. The Morgan fingerprint density at radius 2 is 1.76 bits per heavy atom. The van der Waals surface area contributed by atoms with Gasteiger partial charge in [0.05, 0.1) is 16.7 Å². The van der Waals surface area contributed by atoms with Gasteiger partial charge in [-0.25, -0.2) is 14.8 Å². The van der Waals surface area contributed by atoms with Crippen molar-refractivity contribution in [2.24, 2.45) is 14.1 Å². The smallest absolute Gasteiger partial charge is 0.279 e. The van der Waals surface area contributed by atoms with Gasteiger partial charge in [0.1, 0.15) is 0 Å². The minimum Gasteiger partial charge on any atom is -0.279 e. The fraction of sp³-hybridized carbons (Fsp3) is 0.250. The van der Waals surface area contributed by atoms with Crippen LogP contribution in [-0.4, -0.2) is 34.1 Å². The van der Waals surface area contributed by atoms with Gasteiger partial charge in [-0.05, 0) is 12.1 Å². The summed E-state index contributed by atoms with van der Waals surface area (Å²) in [5.74, 6) is 0.